The fraction of sp³-hybridized carbons (Fsp3) is 1.00. The molecule has 2 atom stereocenters. The normalized spacial score (nSPS) is 16.5. The first-order valence-electron chi connectivity index (χ1n) is 7.90. The zero-order chi connectivity index (χ0) is 13.9. The van der Waals surface area contributed by atoms with Crippen molar-refractivity contribution in [2.24, 2.45) is 5.92 Å². The molecule has 0 bridgehead atoms. The van der Waals surface area contributed by atoms with Gasteiger partial charge in [0, 0.05) is 12.5 Å². The van der Waals surface area contributed by atoms with Gasteiger partial charge in [-0.15, -0.1) is 0 Å². The molecule has 0 fully saturated rings. The molecule has 0 rings (SSSR count). The summed E-state index contributed by atoms with van der Waals surface area (Å²) in [5, 5.41) is 10.1. The summed E-state index contributed by atoms with van der Waals surface area (Å²) in [6.45, 7) is 8.63. The number of hydrogen-bond acceptors (Lipinski definition) is 2. The van der Waals surface area contributed by atoms with Gasteiger partial charge in [0.2, 0.25) is 0 Å². The summed E-state index contributed by atoms with van der Waals surface area (Å²) in [6.07, 6.45) is 11.8. The second kappa shape index (κ2) is 10.8. The summed E-state index contributed by atoms with van der Waals surface area (Å²) in [6, 6.07) is 0. The van der Waals surface area contributed by atoms with Crippen LogP contribution in [0.25, 0.3) is 0 Å². The van der Waals surface area contributed by atoms with E-state index in [0.717, 1.165) is 6.42 Å². The number of aliphatic hydroxyl groups is 1. The van der Waals surface area contributed by atoms with Crippen molar-refractivity contribution in [2.75, 3.05) is 6.61 Å². The second-order valence-electron chi connectivity index (χ2n) is 5.65. The van der Waals surface area contributed by atoms with E-state index in [9.17, 15) is 5.11 Å². The number of ether oxygens (including phenoxy) is 1. The van der Waals surface area contributed by atoms with Gasteiger partial charge in [-0.25, -0.2) is 0 Å². The average molecular weight is 258 g/mol. The number of hydrogen-bond donors (Lipinski definition) is 1. The molecule has 110 valence electrons. The lowest BCUT2D eigenvalue weighted by atomic mass is 9.95. The Morgan fingerprint density at radius 3 is 1.94 bits per heavy atom. The van der Waals surface area contributed by atoms with Crippen LogP contribution in [0, 0.1) is 5.92 Å². The third kappa shape index (κ3) is 8.93. The quantitative estimate of drug-likeness (QED) is 0.398. The molecule has 18 heavy (non-hydrogen) atoms. The van der Waals surface area contributed by atoms with Crippen LogP contribution in [0.5, 0.6) is 0 Å². The monoisotopic (exact) mass is 258 g/mol. The highest BCUT2D eigenvalue weighted by atomic mass is 16.6. The smallest absolute Gasteiger partial charge is 0.165 e. The van der Waals surface area contributed by atoms with Crippen LogP contribution in [-0.4, -0.2) is 17.5 Å². The first kappa shape index (κ1) is 17.9. The standard InChI is InChI=1S/C16H34O2/c1-5-7-8-9-10-11-12-13-14-15(3)16(4,17)18-6-2/h15,17H,5-14H2,1-4H3. The maximum Gasteiger partial charge on any atom is 0.165 e. The van der Waals surface area contributed by atoms with Crippen LogP contribution >= 0.6 is 0 Å². The number of unbranched alkanes of at least 4 members (excludes halogenated alkanes) is 7. The maximum atomic E-state index is 10.1. The van der Waals surface area contributed by atoms with Crippen LogP contribution in [-0.2, 0) is 4.74 Å². The Kier molecular flexibility index (Phi) is 10.8. The van der Waals surface area contributed by atoms with E-state index in [1.807, 2.05) is 6.92 Å². The van der Waals surface area contributed by atoms with Gasteiger partial charge in [-0.1, -0.05) is 65.2 Å². The Balaban J connectivity index is 3.42. The van der Waals surface area contributed by atoms with Crippen molar-refractivity contribution < 1.29 is 9.84 Å². The molecule has 0 aliphatic rings. The highest BCUT2D eigenvalue weighted by Crippen LogP contribution is 2.24. The molecule has 0 saturated heterocycles. The lowest BCUT2D eigenvalue weighted by Crippen LogP contribution is -2.36. The molecule has 0 aromatic rings. The molecule has 0 saturated carbocycles. The van der Waals surface area contributed by atoms with Crippen molar-refractivity contribution in [3.05, 3.63) is 0 Å². The van der Waals surface area contributed by atoms with Gasteiger partial charge in [0.25, 0.3) is 0 Å². The van der Waals surface area contributed by atoms with Crippen LogP contribution < -0.4 is 0 Å². The van der Waals surface area contributed by atoms with E-state index in [1.165, 1.54) is 51.4 Å². The van der Waals surface area contributed by atoms with E-state index in [-0.39, 0.29) is 5.92 Å². The molecule has 0 aliphatic heterocycles. The summed E-state index contributed by atoms with van der Waals surface area (Å²) in [5.74, 6) is -0.729. The third-order valence-electron chi connectivity index (χ3n) is 3.84. The molecular weight excluding hydrogens is 224 g/mol. The minimum atomic E-state index is -0.949. The Morgan fingerprint density at radius 2 is 1.44 bits per heavy atom. The molecule has 2 heteroatoms. The van der Waals surface area contributed by atoms with Gasteiger partial charge in [0.15, 0.2) is 5.79 Å². The van der Waals surface area contributed by atoms with E-state index in [2.05, 4.69) is 13.8 Å². The number of rotatable bonds is 12. The average Bonchev–Trinajstić information content (AvgIpc) is 2.32. The van der Waals surface area contributed by atoms with Crippen molar-refractivity contribution in [3.63, 3.8) is 0 Å². The van der Waals surface area contributed by atoms with Gasteiger partial charge < -0.3 is 9.84 Å². The summed E-state index contributed by atoms with van der Waals surface area (Å²) in [4.78, 5) is 0. The molecule has 2 nitrogen and oxygen atoms in total. The van der Waals surface area contributed by atoms with Gasteiger partial charge in [-0.3, -0.25) is 0 Å². The molecule has 0 aromatic heterocycles. The molecule has 0 spiro atoms. The highest BCUT2D eigenvalue weighted by Gasteiger charge is 2.27. The first-order valence-corrected chi connectivity index (χ1v) is 7.90. The predicted molar refractivity (Wildman–Crippen MR) is 78.6 cm³/mol. The van der Waals surface area contributed by atoms with Crippen molar-refractivity contribution in [3.8, 4) is 0 Å². The Hall–Kier alpha value is -0.0800. The van der Waals surface area contributed by atoms with Gasteiger partial charge in [-0.2, -0.15) is 0 Å². The Labute approximate surface area is 114 Å². The maximum absolute atomic E-state index is 10.1. The Bertz CT molecular complexity index is 178. The van der Waals surface area contributed by atoms with Gasteiger partial charge in [0.1, 0.15) is 0 Å². The Morgan fingerprint density at radius 1 is 0.944 bits per heavy atom. The third-order valence-corrected chi connectivity index (χ3v) is 3.84. The molecule has 0 radical (unpaired) electrons. The molecular formula is C16H34O2. The summed E-state index contributed by atoms with van der Waals surface area (Å²) < 4.78 is 5.37. The van der Waals surface area contributed by atoms with E-state index in [0.29, 0.717) is 6.61 Å². The van der Waals surface area contributed by atoms with Crippen molar-refractivity contribution in [1.29, 1.82) is 0 Å². The predicted octanol–water partition coefficient (Wildman–Crippen LogP) is 4.90. The van der Waals surface area contributed by atoms with Crippen molar-refractivity contribution in [1.82, 2.24) is 0 Å². The van der Waals surface area contributed by atoms with Crippen molar-refractivity contribution >= 4 is 0 Å². The van der Waals surface area contributed by atoms with Gasteiger partial charge >= 0.3 is 0 Å². The topological polar surface area (TPSA) is 29.5 Å². The van der Waals surface area contributed by atoms with E-state index >= 15 is 0 Å². The van der Waals surface area contributed by atoms with Crippen LogP contribution in [0.2, 0.25) is 0 Å². The largest absolute Gasteiger partial charge is 0.365 e. The lowest BCUT2D eigenvalue weighted by Gasteiger charge is -2.29. The summed E-state index contributed by atoms with van der Waals surface area (Å²) in [7, 11) is 0. The highest BCUT2D eigenvalue weighted by molar-refractivity contribution is 4.69. The van der Waals surface area contributed by atoms with E-state index in [1.54, 1.807) is 6.92 Å². The zero-order valence-electron chi connectivity index (χ0n) is 13.0. The summed E-state index contributed by atoms with van der Waals surface area (Å²) in [5.41, 5.74) is 0. The molecule has 0 aromatic carbocycles. The fourth-order valence-electron chi connectivity index (χ4n) is 2.29. The molecule has 0 heterocycles. The van der Waals surface area contributed by atoms with E-state index in [4.69, 9.17) is 4.74 Å². The first-order chi connectivity index (χ1) is 8.54. The van der Waals surface area contributed by atoms with Crippen LogP contribution in [0.3, 0.4) is 0 Å². The van der Waals surface area contributed by atoms with E-state index < -0.39 is 5.79 Å². The fourth-order valence-corrected chi connectivity index (χ4v) is 2.29. The molecule has 0 amide bonds. The molecule has 2 unspecified atom stereocenters. The van der Waals surface area contributed by atoms with Crippen molar-refractivity contribution in [2.45, 2.75) is 91.3 Å². The minimum absolute atomic E-state index is 0.220. The summed E-state index contributed by atoms with van der Waals surface area (Å²) >= 11 is 0. The molecule has 1 N–H and O–H groups in total. The minimum Gasteiger partial charge on any atom is -0.365 e. The van der Waals surface area contributed by atoms with Crippen LogP contribution in [0.15, 0.2) is 0 Å². The van der Waals surface area contributed by atoms with Crippen LogP contribution in [0.4, 0.5) is 0 Å². The lowest BCUT2D eigenvalue weighted by molar-refractivity contribution is -0.219. The SMILES string of the molecule is CCCCCCCCCCC(C)C(C)(O)OCC. The second-order valence-corrected chi connectivity index (χ2v) is 5.65. The van der Waals surface area contributed by atoms with Gasteiger partial charge in [0.05, 0.1) is 0 Å². The van der Waals surface area contributed by atoms with Gasteiger partial charge in [-0.05, 0) is 20.3 Å². The van der Waals surface area contributed by atoms with Crippen LogP contribution in [0.1, 0.15) is 85.5 Å². The molecule has 0 aliphatic carbocycles. The zero-order valence-corrected chi connectivity index (χ0v) is 13.0.